The zero-order valence-corrected chi connectivity index (χ0v) is 12.7. The van der Waals surface area contributed by atoms with Crippen LogP contribution in [0, 0.1) is 0 Å². The normalized spacial score (nSPS) is 12.0. The van der Waals surface area contributed by atoms with E-state index in [0.29, 0.717) is 12.2 Å². The lowest BCUT2D eigenvalue weighted by atomic mass is 10.1. The number of nitrogens with one attached hydrogen (secondary N) is 1. The van der Waals surface area contributed by atoms with Crippen LogP contribution in [0.4, 0.5) is 5.69 Å². The van der Waals surface area contributed by atoms with Crippen LogP contribution >= 0.6 is 0 Å². The number of anilines is 1. The molecule has 1 unspecified atom stereocenters. The van der Waals surface area contributed by atoms with Crippen molar-refractivity contribution < 1.29 is 9.53 Å². The second kappa shape index (κ2) is 6.92. The number of benzene rings is 1. The Morgan fingerprint density at radius 1 is 1.38 bits per heavy atom. The molecule has 1 aromatic carbocycles. The number of ether oxygens (including phenoxy) is 1. The van der Waals surface area contributed by atoms with E-state index < -0.39 is 0 Å². The predicted octanol–water partition coefficient (Wildman–Crippen LogP) is 3.16. The Labute approximate surface area is 124 Å². The van der Waals surface area contributed by atoms with E-state index in [2.05, 4.69) is 17.3 Å². The molecule has 0 aliphatic heterocycles. The molecule has 5 heteroatoms. The topological polar surface area (TPSA) is 56.1 Å². The maximum atomic E-state index is 11.7. The lowest BCUT2D eigenvalue weighted by Crippen LogP contribution is -2.08. The summed E-state index contributed by atoms with van der Waals surface area (Å²) in [6.07, 6.45) is 4.65. The highest BCUT2D eigenvalue weighted by Gasteiger charge is 2.09. The van der Waals surface area contributed by atoms with Crippen molar-refractivity contribution in [1.82, 2.24) is 9.78 Å². The van der Waals surface area contributed by atoms with E-state index in [1.807, 2.05) is 38.5 Å². The van der Waals surface area contributed by atoms with Crippen molar-refractivity contribution in [3.8, 4) is 0 Å². The molecule has 0 amide bonds. The van der Waals surface area contributed by atoms with Gasteiger partial charge in [0.15, 0.2) is 0 Å². The lowest BCUT2D eigenvalue weighted by molar-refractivity contribution is 0.0505. The van der Waals surface area contributed by atoms with Crippen LogP contribution in [0.2, 0.25) is 0 Å². The number of rotatable bonds is 6. The molecule has 1 aromatic heterocycles. The molecule has 0 aliphatic carbocycles. The van der Waals surface area contributed by atoms with Gasteiger partial charge in [-0.3, -0.25) is 4.68 Å². The van der Waals surface area contributed by atoms with Gasteiger partial charge in [-0.2, -0.15) is 5.10 Å². The summed E-state index contributed by atoms with van der Waals surface area (Å²) in [5.74, 6) is -0.274. The largest absolute Gasteiger partial charge is 0.462 e. The van der Waals surface area contributed by atoms with Crippen LogP contribution in [-0.2, 0) is 11.8 Å². The highest BCUT2D eigenvalue weighted by Crippen LogP contribution is 2.19. The van der Waals surface area contributed by atoms with E-state index in [-0.39, 0.29) is 12.0 Å². The van der Waals surface area contributed by atoms with Crippen LogP contribution in [0.1, 0.15) is 42.2 Å². The molecule has 0 saturated heterocycles. The maximum absolute atomic E-state index is 11.7. The van der Waals surface area contributed by atoms with Crippen LogP contribution in [0.3, 0.4) is 0 Å². The van der Waals surface area contributed by atoms with Gasteiger partial charge in [0, 0.05) is 24.5 Å². The molecule has 2 aromatic rings. The summed E-state index contributed by atoms with van der Waals surface area (Å²) >= 11 is 0. The molecule has 2 rings (SSSR count). The predicted molar refractivity (Wildman–Crippen MR) is 82.3 cm³/mol. The van der Waals surface area contributed by atoms with Crippen molar-refractivity contribution in [3.05, 3.63) is 47.8 Å². The number of hydrogen-bond acceptors (Lipinski definition) is 4. The molecule has 1 atom stereocenters. The van der Waals surface area contributed by atoms with Gasteiger partial charge in [-0.25, -0.2) is 4.79 Å². The first kappa shape index (κ1) is 15.1. The van der Waals surface area contributed by atoms with Crippen molar-refractivity contribution in [2.75, 3.05) is 11.9 Å². The first-order valence-electron chi connectivity index (χ1n) is 7.12. The molecule has 0 radical (unpaired) electrons. The minimum absolute atomic E-state index is 0.150. The van der Waals surface area contributed by atoms with E-state index in [1.54, 1.807) is 16.8 Å². The Balaban J connectivity index is 1.97. The lowest BCUT2D eigenvalue weighted by Gasteiger charge is -2.13. The van der Waals surface area contributed by atoms with Gasteiger partial charge in [0.1, 0.15) is 0 Å². The Kier molecular flexibility index (Phi) is 4.98. The monoisotopic (exact) mass is 287 g/mol. The summed E-state index contributed by atoms with van der Waals surface area (Å²) in [6.45, 7) is 4.50. The summed E-state index contributed by atoms with van der Waals surface area (Å²) in [5.41, 5.74) is 2.64. The second-order valence-corrected chi connectivity index (χ2v) is 5.03. The molecule has 0 saturated carbocycles. The molecule has 1 N–H and O–H groups in total. The van der Waals surface area contributed by atoms with Crippen molar-refractivity contribution in [2.24, 2.45) is 7.05 Å². The van der Waals surface area contributed by atoms with E-state index in [0.717, 1.165) is 17.7 Å². The quantitative estimate of drug-likeness (QED) is 0.829. The number of aryl methyl sites for hydroxylation is 1. The van der Waals surface area contributed by atoms with Crippen molar-refractivity contribution in [2.45, 2.75) is 26.3 Å². The molecule has 0 bridgehead atoms. The summed E-state index contributed by atoms with van der Waals surface area (Å²) < 4.78 is 6.88. The first-order chi connectivity index (χ1) is 10.1. The van der Waals surface area contributed by atoms with Crippen molar-refractivity contribution in [1.29, 1.82) is 0 Å². The van der Waals surface area contributed by atoms with Crippen LogP contribution in [0.5, 0.6) is 0 Å². The molecule has 112 valence electrons. The minimum atomic E-state index is -0.274. The summed E-state index contributed by atoms with van der Waals surface area (Å²) in [4.78, 5) is 11.7. The third-order valence-corrected chi connectivity index (χ3v) is 3.17. The van der Waals surface area contributed by atoms with Crippen LogP contribution in [-0.4, -0.2) is 22.4 Å². The van der Waals surface area contributed by atoms with Gasteiger partial charge in [-0.05, 0) is 37.6 Å². The summed E-state index contributed by atoms with van der Waals surface area (Å²) in [5, 5.41) is 7.54. The van der Waals surface area contributed by atoms with E-state index in [1.165, 1.54) is 0 Å². The second-order valence-electron chi connectivity index (χ2n) is 5.03. The number of aromatic nitrogens is 2. The van der Waals surface area contributed by atoms with E-state index >= 15 is 0 Å². The van der Waals surface area contributed by atoms with Crippen molar-refractivity contribution >= 4 is 11.7 Å². The molecular weight excluding hydrogens is 266 g/mol. The third-order valence-electron chi connectivity index (χ3n) is 3.17. The van der Waals surface area contributed by atoms with Gasteiger partial charge < -0.3 is 10.1 Å². The zero-order chi connectivity index (χ0) is 15.2. The smallest absolute Gasteiger partial charge is 0.338 e. The third kappa shape index (κ3) is 4.08. The number of esters is 1. The number of hydrogen-bond donors (Lipinski definition) is 1. The molecular formula is C16H21N3O2. The van der Waals surface area contributed by atoms with Crippen molar-refractivity contribution in [3.63, 3.8) is 0 Å². The number of nitrogens with zero attached hydrogens (tertiary/aromatic N) is 2. The zero-order valence-electron chi connectivity index (χ0n) is 12.7. The molecule has 21 heavy (non-hydrogen) atoms. The molecule has 0 aliphatic rings. The standard InChI is InChI=1S/C16H21N3O2/c1-4-9-21-16(20)13-5-7-15(8-6-13)18-12(2)14-10-17-19(3)11-14/h5-8,10-12,18H,4,9H2,1-3H3. The Morgan fingerprint density at radius 3 is 2.67 bits per heavy atom. The van der Waals surface area contributed by atoms with Gasteiger partial charge in [0.05, 0.1) is 24.4 Å². The summed E-state index contributed by atoms with van der Waals surface area (Å²) in [7, 11) is 1.90. The fourth-order valence-corrected chi connectivity index (χ4v) is 1.98. The van der Waals surface area contributed by atoms with Gasteiger partial charge in [-0.1, -0.05) is 6.92 Å². The van der Waals surface area contributed by atoms with Gasteiger partial charge in [0.2, 0.25) is 0 Å². The van der Waals surface area contributed by atoms with E-state index in [9.17, 15) is 4.79 Å². The number of carbonyl (C=O) groups is 1. The van der Waals surface area contributed by atoms with Crippen LogP contribution in [0.15, 0.2) is 36.7 Å². The molecule has 5 nitrogen and oxygen atoms in total. The maximum Gasteiger partial charge on any atom is 0.338 e. The highest BCUT2D eigenvalue weighted by molar-refractivity contribution is 5.89. The van der Waals surface area contributed by atoms with Gasteiger partial charge in [0.25, 0.3) is 0 Å². The molecule has 0 fully saturated rings. The average Bonchev–Trinajstić information content (AvgIpc) is 2.92. The minimum Gasteiger partial charge on any atom is -0.462 e. The Bertz CT molecular complexity index is 590. The van der Waals surface area contributed by atoms with Crippen LogP contribution < -0.4 is 5.32 Å². The highest BCUT2D eigenvalue weighted by atomic mass is 16.5. The Hall–Kier alpha value is -2.30. The first-order valence-corrected chi connectivity index (χ1v) is 7.12. The molecule has 0 spiro atoms. The summed E-state index contributed by atoms with van der Waals surface area (Å²) in [6, 6.07) is 7.47. The van der Waals surface area contributed by atoms with Gasteiger partial charge >= 0.3 is 5.97 Å². The SMILES string of the molecule is CCCOC(=O)c1ccc(NC(C)c2cnn(C)c2)cc1. The average molecular weight is 287 g/mol. The van der Waals surface area contributed by atoms with E-state index in [4.69, 9.17) is 4.74 Å². The Morgan fingerprint density at radius 2 is 2.10 bits per heavy atom. The van der Waals surface area contributed by atoms with Crippen LogP contribution in [0.25, 0.3) is 0 Å². The fourth-order valence-electron chi connectivity index (χ4n) is 1.98. The van der Waals surface area contributed by atoms with Gasteiger partial charge in [-0.15, -0.1) is 0 Å². The molecule has 1 heterocycles. The number of carbonyl (C=O) groups excluding carboxylic acids is 1. The fraction of sp³-hybridized carbons (Fsp3) is 0.375.